The molecule has 1 N–H and O–H groups in total. The van der Waals surface area contributed by atoms with Crippen LogP contribution in [-0.4, -0.2) is 7.05 Å². The largest absolute Gasteiger partial charge is 0.388 e. The number of rotatable bonds is 7. The van der Waals surface area contributed by atoms with Gasteiger partial charge in [0.25, 0.3) is 0 Å². The second-order valence-corrected chi connectivity index (χ2v) is 6.37. The number of nitrogens with one attached hydrogen (secondary N) is 1. The highest BCUT2D eigenvalue weighted by Gasteiger charge is 2.10. The highest BCUT2D eigenvalue weighted by atomic mass is 32.2. The van der Waals surface area contributed by atoms with Crippen LogP contribution in [-0.2, 0) is 18.6 Å². The van der Waals surface area contributed by atoms with Crippen molar-refractivity contribution in [3.05, 3.63) is 58.9 Å². The van der Waals surface area contributed by atoms with Crippen molar-refractivity contribution >= 4 is 17.4 Å². The van der Waals surface area contributed by atoms with Crippen molar-refractivity contribution in [1.82, 2.24) is 0 Å². The Kier molecular flexibility index (Phi) is 6.32. The third kappa shape index (κ3) is 4.04. The zero-order valence-corrected chi connectivity index (χ0v) is 14.4. The van der Waals surface area contributed by atoms with E-state index in [1.165, 1.54) is 22.1 Å². The van der Waals surface area contributed by atoms with Crippen LogP contribution in [0.15, 0.2) is 41.3 Å². The Morgan fingerprint density at radius 3 is 2.64 bits per heavy atom. The lowest BCUT2D eigenvalue weighted by molar-refractivity contribution is 0.618. The molecule has 0 saturated carbocycles. The Labute approximate surface area is 137 Å². The van der Waals surface area contributed by atoms with Crippen molar-refractivity contribution in [1.29, 1.82) is 0 Å². The molecule has 0 atom stereocenters. The summed E-state index contributed by atoms with van der Waals surface area (Å²) in [6, 6.07) is 11.9. The summed E-state index contributed by atoms with van der Waals surface area (Å²) in [5.74, 6) is 0.507. The SMILES string of the molecule is CCCc1ccc(CC)c(SCc2c(F)cccc2NC)c1. The number of aryl methyl sites for hydroxylation is 2. The maximum atomic E-state index is 14.1. The van der Waals surface area contributed by atoms with Gasteiger partial charge in [-0.3, -0.25) is 0 Å². The summed E-state index contributed by atoms with van der Waals surface area (Å²) >= 11 is 1.73. The van der Waals surface area contributed by atoms with Crippen LogP contribution in [0, 0.1) is 5.82 Å². The average molecular weight is 317 g/mol. The highest BCUT2D eigenvalue weighted by molar-refractivity contribution is 7.98. The average Bonchev–Trinajstić information content (AvgIpc) is 2.54. The molecule has 0 fully saturated rings. The van der Waals surface area contributed by atoms with Crippen LogP contribution < -0.4 is 5.32 Å². The number of hydrogen-bond acceptors (Lipinski definition) is 2. The maximum absolute atomic E-state index is 14.1. The number of halogens is 1. The molecule has 0 radical (unpaired) electrons. The molecule has 3 heteroatoms. The molecular weight excluding hydrogens is 293 g/mol. The van der Waals surface area contributed by atoms with Crippen LogP contribution in [0.4, 0.5) is 10.1 Å². The van der Waals surface area contributed by atoms with Crippen molar-refractivity contribution < 1.29 is 4.39 Å². The summed E-state index contributed by atoms with van der Waals surface area (Å²) in [4.78, 5) is 1.28. The lowest BCUT2D eigenvalue weighted by Gasteiger charge is -2.13. The fourth-order valence-electron chi connectivity index (χ4n) is 2.56. The van der Waals surface area contributed by atoms with E-state index in [0.29, 0.717) is 5.75 Å². The quantitative estimate of drug-likeness (QED) is 0.660. The summed E-state index contributed by atoms with van der Waals surface area (Å²) in [7, 11) is 1.84. The zero-order chi connectivity index (χ0) is 15.9. The fourth-order valence-corrected chi connectivity index (χ4v) is 3.78. The first-order chi connectivity index (χ1) is 10.7. The molecule has 0 amide bonds. The molecule has 0 aliphatic heterocycles. The second kappa shape index (κ2) is 8.23. The van der Waals surface area contributed by atoms with Gasteiger partial charge in [0.1, 0.15) is 5.82 Å². The third-order valence-corrected chi connectivity index (χ3v) is 4.94. The van der Waals surface area contributed by atoms with Gasteiger partial charge in [-0.2, -0.15) is 0 Å². The molecule has 0 aliphatic rings. The maximum Gasteiger partial charge on any atom is 0.129 e. The Bertz CT molecular complexity index is 625. The molecule has 0 unspecified atom stereocenters. The smallest absolute Gasteiger partial charge is 0.129 e. The van der Waals surface area contributed by atoms with Crippen molar-refractivity contribution in [3.63, 3.8) is 0 Å². The van der Waals surface area contributed by atoms with Crippen molar-refractivity contribution in [2.24, 2.45) is 0 Å². The van der Waals surface area contributed by atoms with Crippen LogP contribution in [0.2, 0.25) is 0 Å². The van der Waals surface area contributed by atoms with E-state index in [1.54, 1.807) is 17.8 Å². The lowest BCUT2D eigenvalue weighted by atomic mass is 10.1. The van der Waals surface area contributed by atoms with Crippen LogP contribution in [0.5, 0.6) is 0 Å². The van der Waals surface area contributed by atoms with Crippen LogP contribution in [0.3, 0.4) is 0 Å². The van der Waals surface area contributed by atoms with Gasteiger partial charge in [-0.1, -0.05) is 38.5 Å². The van der Waals surface area contributed by atoms with Gasteiger partial charge in [0.05, 0.1) is 0 Å². The Morgan fingerprint density at radius 2 is 1.95 bits per heavy atom. The molecule has 2 aromatic carbocycles. The Hall–Kier alpha value is -1.48. The molecule has 1 nitrogen and oxygen atoms in total. The fraction of sp³-hybridized carbons (Fsp3) is 0.368. The first-order valence-corrected chi connectivity index (χ1v) is 8.87. The summed E-state index contributed by atoms with van der Waals surface area (Å²) in [6.45, 7) is 4.36. The van der Waals surface area contributed by atoms with E-state index in [4.69, 9.17) is 0 Å². The molecule has 2 aromatic rings. The minimum atomic E-state index is -0.137. The minimum absolute atomic E-state index is 0.137. The van der Waals surface area contributed by atoms with Crippen LogP contribution in [0.1, 0.15) is 37.0 Å². The Morgan fingerprint density at radius 1 is 1.14 bits per heavy atom. The van der Waals surface area contributed by atoms with Crippen molar-refractivity contribution in [3.8, 4) is 0 Å². The number of hydrogen-bond donors (Lipinski definition) is 1. The first-order valence-electron chi connectivity index (χ1n) is 7.89. The lowest BCUT2D eigenvalue weighted by Crippen LogP contribution is -1.98. The van der Waals surface area contributed by atoms with E-state index >= 15 is 0 Å². The summed E-state index contributed by atoms with van der Waals surface area (Å²) in [5.41, 5.74) is 4.32. The van der Waals surface area contributed by atoms with Gasteiger partial charge in [0, 0.05) is 28.9 Å². The Balaban J connectivity index is 2.22. The van der Waals surface area contributed by atoms with Crippen LogP contribution in [0.25, 0.3) is 0 Å². The normalized spacial score (nSPS) is 10.7. The van der Waals surface area contributed by atoms with E-state index in [-0.39, 0.29) is 5.82 Å². The van der Waals surface area contributed by atoms with Gasteiger partial charge in [-0.05, 0) is 42.2 Å². The van der Waals surface area contributed by atoms with E-state index in [2.05, 4.69) is 37.4 Å². The molecule has 0 heterocycles. The van der Waals surface area contributed by atoms with E-state index in [9.17, 15) is 4.39 Å². The molecule has 2 rings (SSSR count). The molecule has 0 bridgehead atoms. The van der Waals surface area contributed by atoms with Gasteiger partial charge < -0.3 is 5.32 Å². The summed E-state index contributed by atoms with van der Waals surface area (Å²) < 4.78 is 14.1. The summed E-state index contributed by atoms with van der Waals surface area (Å²) in [5, 5.41) is 3.08. The number of benzene rings is 2. The molecule has 118 valence electrons. The summed E-state index contributed by atoms with van der Waals surface area (Å²) in [6.07, 6.45) is 3.25. The van der Waals surface area contributed by atoms with Gasteiger partial charge >= 0.3 is 0 Å². The predicted octanol–water partition coefficient (Wildman–Crippen LogP) is 5.67. The van der Waals surface area contributed by atoms with E-state index in [0.717, 1.165) is 30.5 Å². The monoisotopic (exact) mass is 317 g/mol. The molecule has 0 saturated heterocycles. The number of anilines is 1. The van der Waals surface area contributed by atoms with Gasteiger partial charge in [0.15, 0.2) is 0 Å². The van der Waals surface area contributed by atoms with Gasteiger partial charge in [-0.25, -0.2) is 4.39 Å². The van der Waals surface area contributed by atoms with Crippen molar-refractivity contribution in [2.75, 3.05) is 12.4 Å². The van der Waals surface area contributed by atoms with E-state index < -0.39 is 0 Å². The minimum Gasteiger partial charge on any atom is -0.388 e. The molecule has 0 aliphatic carbocycles. The standard InChI is InChI=1S/C19H24FNS/c1-4-7-14-10-11-15(5-2)19(12-14)22-13-16-17(20)8-6-9-18(16)21-3/h6,8-12,21H,4-5,7,13H2,1-3H3. The second-order valence-electron chi connectivity index (χ2n) is 5.35. The van der Waals surface area contributed by atoms with Crippen LogP contribution >= 0.6 is 11.8 Å². The highest BCUT2D eigenvalue weighted by Crippen LogP contribution is 2.31. The third-order valence-electron chi connectivity index (χ3n) is 3.81. The van der Waals surface area contributed by atoms with Crippen molar-refractivity contribution in [2.45, 2.75) is 43.8 Å². The molecule has 0 aromatic heterocycles. The topological polar surface area (TPSA) is 12.0 Å². The molecular formula is C19H24FNS. The zero-order valence-electron chi connectivity index (χ0n) is 13.6. The molecule has 0 spiro atoms. The van der Waals surface area contributed by atoms with Gasteiger partial charge in [0.2, 0.25) is 0 Å². The van der Waals surface area contributed by atoms with E-state index in [1.807, 2.05) is 13.1 Å². The number of thioether (sulfide) groups is 1. The molecule has 22 heavy (non-hydrogen) atoms. The first kappa shape index (κ1) is 16.9. The van der Waals surface area contributed by atoms with Gasteiger partial charge in [-0.15, -0.1) is 11.8 Å². The predicted molar refractivity (Wildman–Crippen MR) is 95.3 cm³/mol.